The maximum Gasteiger partial charge on any atom is 0.0725 e. The molecule has 19 heavy (non-hydrogen) atoms. The van der Waals surface area contributed by atoms with Crippen LogP contribution < -0.4 is 10.6 Å². The van der Waals surface area contributed by atoms with Crippen LogP contribution in [0.15, 0.2) is 30.3 Å². The molecule has 1 aromatic heterocycles. The standard InChI is InChI=1S/C16H21N3/c1-12-11-15(13-5-3-4-6-14(13)18-12)19-16(2)7-9-17-10-8-16/h3-6,11,17H,7-10H2,1-2H3,(H,18,19). The van der Waals surface area contributed by atoms with Crippen LogP contribution in [0.4, 0.5) is 5.69 Å². The van der Waals surface area contributed by atoms with E-state index in [-0.39, 0.29) is 5.54 Å². The highest BCUT2D eigenvalue weighted by Gasteiger charge is 2.26. The molecule has 0 bridgehead atoms. The van der Waals surface area contributed by atoms with Gasteiger partial charge in [0.25, 0.3) is 0 Å². The van der Waals surface area contributed by atoms with E-state index in [0.717, 1.165) is 37.1 Å². The number of aryl methyl sites for hydroxylation is 1. The summed E-state index contributed by atoms with van der Waals surface area (Å²) in [6.45, 7) is 6.55. The van der Waals surface area contributed by atoms with Gasteiger partial charge < -0.3 is 10.6 Å². The number of benzene rings is 1. The number of piperidine rings is 1. The fraction of sp³-hybridized carbons (Fsp3) is 0.438. The Bertz CT molecular complexity index is 586. The highest BCUT2D eigenvalue weighted by atomic mass is 15.0. The van der Waals surface area contributed by atoms with Gasteiger partial charge in [-0.3, -0.25) is 4.98 Å². The average Bonchev–Trinajstić information content (AvgIpc) is 2.39. The van der Waals surface area contributed by atoms with E-state index in [1.165, 1.54) is 11.1 Å². The van der Waals surface area contributed by atoms with Gasteiger partial charge in [0.1, 0.15) is 0 Å². The van der Waals surface area contributed by atoms with Gasteiger partial charge in [-0.1, -0.05) is 18.2 Å². The minimum absolute atomic E-state index is 0.182. The Morgan fingerprint density at radius 1 is 1.21 bits per heavy atom. The molecule has 1 fully saturated rings. The molecule has 0 atom stereocenters. The Labute approximate surface area is 114 Å². The molecule has 0 saturated carbocycles. The number of aromatic nitrogens is 1. The number of hydrogen-bond donors (Lipinski definition) is 2. The molecule has 0 aliphatic carbocycles. The van der Waals surface area contributed by atoms with E-state index in [1.807, 2.05) is 6.07 Å². The topological polar surface area (TPSA) is 37.0 Å². The largest absolute Gasteiger partial charge is 0.379 e. The van der Waals surface area contributed by atoms with Crippen LogP contribution in [-0.4, -0.2) is 23.6 Å². The highest BCUT2D eigenvalue weighted by Crippen LogP contribution is 2.29. The van der Waals surface area contributed by atoms with E-state index in [0.29, 0.717) is 0 Å². The SMILES string of the molecule is Cc1cc(NC2(C)CCNCC2)c2ccccc2n1. The maximum atomic E-state index is 4.60. The summed E-state index contributed by atoms with van der Waals surface area (Å²) in [7, 11) is 0. The van der Waals surface area contributed by atoms with Crippen molar-refractivity contribution in [2.24, 2.45) is 0 Å². The second kappa shape index (κ2) is 4.82. The molecule has 0 unspecified atom stereocenters. The van der Waals surface area contributed by atoms with Crippen molar-refractivity contribution in [2.75, 3.05) is 18.4 Å². The molecule has 1 aliphatic heterocycles. The third kappa shape index (κ3) is 2.56. The van der Waals surface area contributed by atoms with Crippen molar-refractivity contribution in [3.63, 3.8) is 0 Å². The van der Waals surface area contributed by atoms with Crippen LogP contribution in [0.3, 0.4) is 0 Å². The Morgan fingerprint density at radius 2 is 1.95 bits per heavy atom. The van der Waals surface area contributed by atoms with Crippen LogP contribution in [-0.2, 0) is 0 Å². The lowest BCUT2D eigenvalue weighted by Gasteiger charge is -2.36. The molecule has 2 aromatic rings. The number of pyridine rings is 1. The quantitative estimate of drug-likeness (QED) is 0.866. The van der Waals surface area contributed by atoms with Crippen molar-refractivity contribution in [1.82, 2.24) is 10.3 Å². The average molecular weight is 255 g/mol. The summed E-state index contributed by atoms with van der Waals surface area (Å²) in [5.74, 6) is 0. The van der Waals surface area contributed by atoms with Crippen molar-refractivity contribution in [2.45, 2.75) is 32.2 Å². The maximum absolute atomic E-state index is 4.60. The lowest BCUT2D eigenvalue weighted by molar-refractivity contribution is 0.365. The van der Waals surface area contributed by atoms with E-state index in [2.05, 4.69) is 53.7 Å². The van der Waals surface area contributed by atoms with Gasteiger partial charge in [-0.05, 0) is 51.9 Å². The molecule has 0 amide bonds. The number of para-hydroxylation sites is 1. The molecule has 1 aliphatic rings. The summed E-state index contributed by atoms with van der Waals surface area (Å²) < 4.78 is 0. The first-order chi connectivity index (χ1) is 9.16. The Balaban J connectivity index is 2.00. The lowest BCUT2D eigenvalue weighted by Crippen LogP contribution is -2.45. The molecular weight excluding hydrogens is 234 g/mol. The third-order valence-corrected chi connectivity index (χ3v) is 3.99. The first-order valence-electron chi connectivity index (χ1n) is 7.02. The van der Waals surface area contributed by atoms with Crippen LogP contribution in [0.2, 0.25) is 0 Å². The van der Waals surface area contributed by atoms with Crippen LogP contribution in [0, 0.1) is 6.92 Å². The molecular formula is C16H21N3. The van der Waals surface area contributed by atoms with Crippen LogP contribution in [0.5, 0.6) is 0 Å². The van der Waals surface area contributed by atoms with Gasteiger partial charge in [0.15, 0.2) is 0 Å². The molecule has 3 nitrogen and oxygen atoms in total. The van der Waals surface area contributed by atoms with Crippen molar-refractivity contribution in [3.05, 3.63) is 36.0 Å². The van der Waals surface area contributed by atoms with Gasteiger partial charge in [0.2, 0.25) is 0 Å². The first kappa shape index (κ1) is 12.4. The van der Waals surface area contributed by atoms with E-state index < -0.39 is 0 Å². The van der Waals surface area contributed by atoms with Gasteiger partial charge in [-0.25, -0.2) is 0 Å². The fourth-order valence-electron chi connectivity index (χ4n) is 2.84. The fourth-order valence-corrected chi connectivity index (χ4v) is 2.84. The minimum Gasteiger partial charge on any atom is -0.379 e. The molecule has 2 N–H and O–H groups in total. The summed E-state index contributed by atoms with van der Waals surface area (Å²) in [6, 6.07) is 10.5. The molecule has 0 spiro atoms. The predicted octanol–water partition coefficient (Wildman–Crippen LogP) is 3.10. The number of hydrogen-bond acceptors (Lipinski definition) is 3. The number of rotatable bonds is 2. The first-order valence-corrected chi connectivity index (χ1v) is 7.02. The summed E-state index contributed by atoms with van der Waals surface area (Å²) in [5, 5.41) is 8.40. The molecule has 100 valence electrons. The molecule has 1 aromatic carbocycles. The van der Waals surface area contributed by atoms with Crippen molar-refractivity contribution in [3.8, 4) is 0 Å². The molecule has 0 radical (unpaired) electrons. The van der Waals surface area contributed by atoms with Crippen molar-refractivity contribution in [1.29, 1.82) is 0 Å². The van der Waals surface area contributed by atoms with Gasteiger partial charge >= 0.3 is 0 Å². The van der Waals surface area contributed by atoms with E-state index in [9.17, 15) is 0 Å². The van der Waals surface area contributed by atoms with Gasteiger partial charge in [0.05, 0.1) is 5.52 Å². The number of nitrogens with zero attached hydrogens (tertiary/aromatic N) is 1. The monoisotopic (exact) mass is 255 g/mol. The third-order valence-electron chi connectivity index (χ3n) is 3.99. The van der Waals surface area contributed by atoms with Gasteiger partial charge in [0, 0.05) is 22.3 Å². The summed E-state index contributed by atoms with van der Waals surface area (Å²) in [5.41, 5.74) is 3.54. The van der Waals surface area contributed by atoms with Crippen LogP contribution >= 0.6 is 0 Å². The van der Waals surface area contributed by atoms with E-state index >= 15 is 0 Å². The Kier molecular flexibility index (Phi) is 3.15. The minimum atomic E-state index is 0.182. The number of nitrogens with one attached hydrogen (secondary N) is 2. The smallest absolute Gasteiger partial charge is 0.0725 e. The zero-order valence-electron chi connectivity index (χ0n) is 11.7. The van der Waals surface area contributed by atoms with Crippen molar-refractivity contribution >= 4 is 16.6 Å². The molecule has 3 rings (SSSR count). The van der Waals surface area contributed by atoms with Gasteiger partial charge in [-0.15, -0.1) is 0 Å². The zero-order chi connectivity index (χ0) is 13.3. The lowest BCUT2D eigenvalue weighted by atomic mass is 9.90. The number of anilines is 1. The molecule has 1 saturated heterocycles. The summed E-state index contributed by atoms with van der Waals surface area (Å²) >= 11 is 0. The second-order valence-electron chi connectivity index (χ2n) is 5.76. The Morgan fingerprint density at radius 3 is 2.74 bits per heavy atom. The normalized spacial score (nSPS) is 18.4. The second-order valence-corrected chi connectivity index (χ2v) is 5.76. The predicted molar refractivity (Wildman–Crippen MR) is 80.6 cm³/mol. The summed E-state index contributed by atoms with van der Waals surface area (Å²) in [6.07, 6.45) is 2.31. The van der Waals surface area contributed by atoms with Crippen LogP contribution in [0.25, 0.3) is 10.9 Å². The Hall–Kier alpha value is -1.61. The van der Waals surface area contributed by atoms with E-state index in [1.54, 1.807) is 0 Å². The molecule has 3 heteroatoms. The van der Waals surface area contributed by atoms with Crippen LogP contribution in [0.1, 0.15) is 25.5 Å². The molecule has 2 heterocycles. The van der Waals surface area contributed by atoms with Gasteiger partial charge in [-0.2, -0.15) is 0 Å². The van der Waals surface area contributed by atoms with Crippen molar-refractivity contribution < 1.29 is 0 Å². The zero-order valence-corrected chi connectivity index (χ0v) is 11.7. The number of fused-ring (bicyclic) bond motifs is 1. The summed E-state index contributed by atoms with van der Waals surface area (Å²) in [4.78, 5) is 4.60. The highest BCUT2D eigenvalue weighted by molar-refractivity contribution is 5.91. The van der Waals surface area contributed by atoms with E-state index in [4.69, 9.17) is 0 Å².